The van der Waals surface area contributed by atoms with Crippen LogP contribution in [0.5, 0.6) is 5.75 Å². The molecule has 0 spiro atoms. The summed E-state index contributed by atoms with van der Waals surface area (Å²) in [6.45, 7) is 3.53. The predicted octanol–water partition coefficient (Wildman–Crippen LogP) is 3.22. The molecule has 3 N–H and O–H groups in total. The van der Waals surface area contributed by atoms with Crippen molar-refractivity contribution in [2.75, 3.05) is 52.0 Å². The largest absolute Gasteiger partial charge is 0.497 e. The second-order valence-electron chi connectivity index (χ2n) is 7.82. The number of benzene rings is 2. The Hall–Kier alpha value is -3.23. The summed E-state index contributed by atoms with van der Waals surface area (Å²) in [4.78, 5) is 24.0. The van der Waals surface area contributed by atoms with Crippen LogP contribution in [0.3, 0.4) is 0 Å². The highest BCUT2D eigenvalue weighted by atomic mass is 16.5. The van der Waals surface area contributed by atoms with Gasteiger partial charge in [0, 0.05) is 29.9 Å². The van der Waals surface area contributed by atoms with Crippen molar-refractivity contribution in [3.8, 4) is 17.0 Å². The van der Waals surface area contributed by atoms with Crippen LogP contribution in [0.4, 0.5) is 11.6 Å². The van der Waals surface area contributed by atoms with Gasteiger partial charge in [-0.05, 0) is 69.3 Å². The van der Waals surface area contributed by atoms with Gasteiger partial charge in [-0.25, -0.2) is 9.97 Å². The summed E-state index contributed by atoms with van der Waals surface area (Å²) in [5.74, 6) is 1.21. The molecule has 2 aromatic carbocycles. The summed E-state index contributed by atoms with van der Waals surface area (Å²) >= 11 is 0. The van der Waals surface area contributed by atoms with Crippen LogP contribution in [0.1, 0.15) is 13.3 Å². The fourth-order valence-corrected chi connectivity index (χ4v) is 3.53. The quantitative estimate of drug-likeness (QED) is 0.449. The first kappa shape index (κ1) is 23.4. The number of methoxy groups -OCH3 is 1. The van der Waals surface area contributed by atoms with Gasteiger partial charge >= 0.3 is 0 Å². The maximum atomic E-state index is 13.2. The van der Waals surface area contributed by atoms with Crippen molar-refractivity contribution in [1.29, 1.82) is 0 Å². The molecule has 0 aliphatic heterocycles. The number of amides is 1. The lowest BCUT2D eigenvalue weighted by Crippen LogP contribution is -2.42. The van der Waals surface area contributed by atoms with E-state index in [2.05, 4.69) is 36.9 Å². The monoisotopic (exact) mass is 436 g/mol. The summed E-state index contributed by atoms with van der Waals surface area (Å²) in [6.07, 6.45) is 2.43. The average molecular weight is 437 g/mol. The van der Waals surface area contributed by atoms with Gasteiger partial charge in [-0.3, -0.25) is 4.79 Å². The number of aromatic nitrogens is 2. The molecular formula is C24H32N6O2. The molecule has 8 heteroatoms. The highest BCUT2D eigenvalue weighted by Gasteiger charge is 2.19. The SMILES string of the molecule is CCNC(CCN(C)C)C(=O)Nc1cc(-c2ccnc(NC)n2)cc2ccc(OC)cc12. The minimum absolute atomic E-state index is 0.0615. The number of hydrogen-bond donors (Lipinski definition) is 3. The van der Waals surface area contributed by atoms with Crippen molar-refractivity contribution in [1.82, 2.24) is 20.2 Å². The number of anilines is 2. The van der Waals surface area contributed by atoms with Crippen molar-refractivity contribution in [2.45, 2.75) is 19.4 Å². The van der Waals surface area contributed by atoms with E-state index in [0.29, 0.717) is 18.9 Å². The van der Waals surface area contributed by atoms with E-state index in [9.17, 15) is 4.79 Å². The second kappa shape index (κ2) is 10.9. The number of carbonyl (C=O) groups excluding carboxylic acids is 1. The molecule has 1 amide bonds. The molecule has 0 saturated carbocycles. The first-order chi connectivity index (χ1) is 15.4. The number of likely N-dealkylation sites (N-methyl/N-ethyl adjacent to an activating group) is 1. The molecule has 1 aromatic heterocycles. The molecule has 32 heavy (non-hydrogen) atoms. The third-order valence-electron chi connectivity index (χ3n) is 5.23. The number of rotatable bonds is 10. The second-order valence-corrected chi connectivity index (χ2v) is 7.82. The number of ether oxygens (including phenoxy) is 1. The first-order valence-corrected chi connectivity index (χ1v) is 10.8. The van der Waals surface area contributed by atoms with E-state index in [1.807, 2.05) is 51.4 Å². The van der Waals surface area contributed by atoms with E-state index in [1.54, 1.807) is 20.4 Å². The summed E-state index contributed by atoms with van der Waals surface area (Å²) in [6, 6.07) is 11.4. The molecule has 3 aromatic rings. The Labute approximate surface area is 189 Å². The van der Waals surface area contributed by atoms with E-state index in [-0.39, 0.29) is 11.9 Å². The summed E-state index contributed by atoms with van der Waals surface area (Å²) in [5.41, 5.74) is 2.39. The van der Waals surface area contributed by atoms with E-state index < -0.39 is 0 Å². The maximum absolute atomic E-state index is 13.2. The van der Waals surface area contributed by atoms with Crippen LogP contribution in [0, 0.1) is 0 Å². The van der Waals surface area contributed by atoms with Crippen LogP contribution in [-0.2, 0) is 4.79 Å². The van der Waals surface area contributed by atoms with Crippen molar-refractivity contribution >= 4 is 28.3 Å². The molecule has 0 fully saturated rings. The van der Waals surface area contributed by atoms with Crippen molar-refractivity contribution < 1.29 is 9.53 Å². The number of fused-ring (bicyclic) bond motifs is 1. The Morgan fingerprint density at radius 1 is 1.19 bits per heavy atom. The molecule has 0 radical (unpaired) electrons. The molecule has 1 unspecified atom stereocenters. The van der Waals surface area contributed by atoms with Gasteiger partial charge in [-0.15, -0.1) is 0 Å². The molecule has 0 aliphatic carbocycles. The minimum Gasteiger partial charge on any atom is -0.497 e. The minimum atomic E-state index is -0.290. The normalized spacial score (nSPS) is 12.1. The van der Waals surface area contributed by atoms with Gasteiger partial charge in [-0.1, -0.05) is 13.0 Å². The number of nitrogens with one attached hydrogen (secondary N) is 3. The molecule has 8 nitrogen and oxygen atoms in total. The lowest BCUT2D eigenvalue weighted by atomic mass is 10.0. The van der Waals surface area contributed by atoms with Crippen LogP contribution in [-0.4, -0.2) is 68.2 Å². The molecule has 0 saturated heterocycles. The Kier molecular flexibility index (Phi) is 7.97. The van der Waals surface area contributed by atoms with Gasteiger partial charge < -0.3 is 25.6 Å². The maximum Gasteiger partial charge on any atom is 0.241 e. The van der Waals surface area contributed by atoms with Crippen LogP contribution < -0.4 is 20.7 Å². The molecule has 0 aliphatic rings. The third-order valence-corrected chi connectivity index (χ3v) is 5.23. The predicted molar refractivity (Wildman–Crippen MR) is 130 cm³/mol. The molecule has 170 valence electrons. The first-order valence-electron chi connectivity index (χ1n) is 10.8. The summed E-state index contributed by atoms with van der Waals surface area (Å²) < 4.78 is 5.42. The third kappa shape index (κ3) is 5.72. The van der Waals surface area contributed by atoms with Crippen LogP contribution in [0.15, 0.2) is 42.6 Å². The van der Waals surface area contributed by atoms with Gasteiger partial charge in [0.1, 0.15) is 5.75 Å². The zero-order chi connectivity index (χ0) is 23.1. The topological polar surface area (TPSA) is 91.4 Å². The Bertz CT molecular complexity index is 1070. The zero-order valence-corrected chi connectivity index (χ0v) is 19.4. The van der Waals surface area contributed by atoms with Gasteiger partial charge in [0.25, 0.3) is 0 Å². The number of hydrogen-bond acceptors (Lipinski definition) is 7. The highest BCUT2D eigenvalue weighted by molar-refractivity contribution is 6.06. The van der Waals surface area contributed by atoms with Crippen molar-refractivity contribution in [3.05, 3.63) is 42.6 Å². The van der Waals surface area contributed by atoms with Crippen molar-refractivity contribution in [3.63, 3.8) is 0 Å². The zero-order valence-electron chi connectivity index (χ0n) is 19.4. The molecule has 1 atom stereocenters. The standard InChI is InChI=1S/C24H32N6O2/c1-6-26-21(10-12-30(3)4)23(31)28-22-14-17(20-9-11-27-24(25-2)29-20)13-16-7-8-18(32-5)15-19(16)22/h7-9,11,13-15,21,26H,6,10,12H2,1-5H3,(H,28,31)(H,25,27,29). The molecule has 1 heterocycles. The van der Waals surface area contributed by atoms with Gasteiger partial charge in [0.15, 0.2) is 0 Å². The van der Waals surface area contributed by atoms with Gasteiger partial charge in [0.05, 0.1) is 18.8 Å². The van der Waals surface area contributed by atoms with Crippen LogP contribution >= 0.6 is 0 Å². The molecular weight excluding hydrogens is 404 g/mol. The van der Waals surface area contributed by atoms with E-state index in [0.717, 1.165) is 40.0 Å². The Morgan fingerprint density at radius 3 is 2.69 bits per heavy atom. The highest BCUT2D eigenvalue weighted by Crippen LogP contribution is 2.33. The Balaban J connectivity index is 2.03. The van der Waals surface area contributed by atoms with Gasteiger partial charge in [0.2, 0.25) is 11.9 Å². The molecule has 3 rings (SSSR count). The number of carbonyl (C=O) groups is 1. The number of nitrogens with zero attached hydrogens (tertiary/aromatic N) is 3. The Morgan fingerprint density at radius 2 is 2.00 bits per heavy atom. The van der Waals surface area contributed by atoms with Crippen LogP contribution in [0.25, 0.3) is 22.0 Å². The van der Waals surface area contributed by atoms with Gasteiger partial charge in [-0.2, -0.15) is 0 Å². The molecule has 0 bridgehead atoms. The van der Waals surface area contributed by atoms with Crippen molar-refractivity contribution in [2.24, 2.45) is 0 Å². The fraction of sp³-hybridized carbons (Fsp3) is 0.375. The van der Waals surface area contributed by atoms with E-state index in [1.165, 1.54) is 0 Å². The average Bonchev–Trinajstić information content (AvgIpc) is 2.81. The van der Waals surface area contributed by atoms with E-state index >= 15 is 0 Å². The lowest BCUT2D eigenvalue weighted by Gasteiger charge is -2.21. The fourth-order valence-electron chi connectivity index (χ4n) is 3.53. The van der Waals surface area contributed by atoms with Crippen LogP contribution in [0.2, 0.25) is 0 Å². The smallest absolute Gasteiger partial charge is 0.241 e. The lowest BCUT2D eigenvalue weighted by molar-refractivity contribution is -0.118. The van der Waals surface area contributed by atoms with E-state index in [4.69, 9.17) is 4.74 Å². The summed E-state index contributed by atoms with van der Waals surface area (Å²) in [5, 5.41) is 11.3. The summed E-state index contributed by atoms with van der Waals surface area (Å²) in [7, 11) is 7.43.